The van der Waals surface area contributed by atoms with Crippen molar-refractivity contribution in [3.63, 3.8) is 0 Å². The fraction of sp³-hybridized carbons (Fsp3) is 0.562. The van der Waals surface area contributed by atoms with E-state index in [-0.39, 0.29) is 11.5 Å². The van der Waals surface area contributed by atoms with Crippen LogP contribution in [0.1, 0.15) is 62.3 Å². The molecule has 20 heavy (non-hydrogen) atoms. The van der Waals surface area contributed by atoms with Gasteiger partial charge in [0, 0.05) is 28.2 Å². The molecule has 2 N–H and O–H groups in total. The molecule has 2 heterocycles. The normalized spacial score (nSPS) is 19.1. The number of aryl methyl sites for hydroxylation is 1. The van der Waals surface area contributed by atoms with Gasteiger partial charge >= 0.3 is 0 Å². The lowest BCUT2D eigenvalue weighted by Crippen LogP contribution is -2.18. The van der Waals surface area contributed by atoms with E-state index >= 15 is 0 Å². The summed E-state index contributed by atoms with van der Waals surface area (Å²) in [4.78, 5) is 4.86. The van der Waals surface area contributed by atoms with Crippen molar-refractivity contribution in [2.75, 3.05) is 0 Å². The molecule has 0 aliphatic heterocycles. The van der Waals surface area contributed by atoms with Crippen molar-refractivity contribution in [2.45, 2.75) is 58.4 Å². The van der Waals surface area contributed by atoms with Crippen LogP contribution in [0.2, 0.25) is 0 Å². The molecule has 0 fully saturated rings. The minimum Gasteiger partial charge on any atom is -0.324 e. The van der Waals surface area contributed by atoms with E-state index < -0.39 is 0 Å². The van der Waals surface area contributed by atoms with Gasteiger partial charge in [0.1, 0.15) is 0 Å². The molecule has 4 heteroatoms. The van der Waals surface area contributed by atoms with Crippen LogP contribution < -0.4 is 5.73 Å². The van der Waals surface area contributed by atoms with Gasteiger partial charge in [-0.1, -0.05) is 20.8 Å². The van der Waals surface area contributed by atoms with Crippen LogP contribution in [0, 0.1) is 6.92 Å². The molecule has 108 valence electrons. The Bertz CT molecular complexity index is 631. The van der Waals surface area contributed by atoms with E-state index in [0.717, 1.165) is 18.0 Å². The SMILES string of the molecule is Cc1cc2c(n1-c1nc(C(C)(C)C)cs1)CCCC2N. The summed E-state index contributed by atoms with van der Waals surface area (Å²) in [6, 6.07) is 2.44. The molecule has 3 nitrogen and oxygen atoms in total. The summed E-state index contributed by atoms with van der Waals surface area (Å²) in [5.74, 6) is 0. The third-order valence-electron chi connectivity index (χ3n) is 4.10. The Morgan fingerprint density at radius 1 is 1.40 bits per heavy atom. The summed E-state index contributed by atoms with van der Waals surface area (Å²) in [5, 5.41) is 3.27. The van der Waals surface area contributed by atoms with Crippen LogP contribution in [-0.4, -0.2) is 9.55 Å². The zero-order valence-electron chi connectivity index (χ0n) is 12.7. The van der Waals surface area contributed by atoms with E-state index in [9.17, 15) is 0 Å². The molecule has 1 unspecified atom stereocenters. The van der Waals surface area contributed by atoms with Gasteiger partial charge in [0.25, 0.3) is 0 Å². The fourth-order valence-electron chi connectivity index (χ4n) is 2.91. The molecule has 1 aliphatic carbocycles. The van der Waals surface area contributed by atoms with Crippen LogP contribution in [0.25, 0.3) is 5.13 Å². The number of thiazole rings is 1. The number of nitrogens with zero attached hydrogens (tertiary/aromatic N) is 2. The van der Waals surface area contributed by atoms with Crippen LogP contribution in [0.15, 0.2) is 11.4 Å². The number of hydrogen-bond donors (Lipinski definition) is 1. The van der Waals surface area contributed by atoms with Gasteiger partial charge < -0.3 is 5.73 Å². The highest BCUT2D eigenvalue weighted by Gasteiger charge is 2.25. The monoisotopic (exact) mass is 289 g/mol. The van der Waals surface area contributed by atoms with Crippen LogP contribution in [0.4, 0.5) is 0 Å². The molecule has 3 rings (SSSR count). The second-order valence-corrected chi connectivity index (χ2v) is 7.62. The molecule has 0 saturated heterocycles. The van der Waals surface area contributed by atoms with Gasteiger partial charge in [-0.05, 0) is 37.8 Å². The summed E-state index contributed by atoms with van der Waals surface area (Å²) in [6.45, 7) is 8.78. The average molecular weight is 289 g/mol. The third kappa shape index (κ3) is 2.21. The van der Waals surface area contributed by atoms with Crippen LogP contribution in [0.5, 0.6) is 0 Å². The molecule has 0 radical (unpaired) electrons. The highest BCUT2D eigenvalue weighted by molar-refractivity contribution is 7.12. The van der Waals surface area contributed by atoms with Crippen molar-refractivity contribution in [3.05, 3.63) is 34.1 Å². The van der Waals surface area contributed by atoms with Crippen molar-refractivity contribution in [3.8, 4) is 5.13 Å². The first-order valence-electron chi connectivity index (χ1n) is 7.31. The van der Waals surface area contributed by atoms with Crippen LogP contribution >= 0.6 is 11.3 Å². The first kappa shape index (κ1) is 13.8. The van der Waals surface area contributed by atoms with E-state index in [0.29, 0.717) is 0 Å². The molecule has 1 atom stereocenters. The molecule has 2 aromatic rings. The molecule has 2 aromatic heterocycles. The van der Waals surface area contributed by atoms with E-state index in [1.807, 2.05) is 0 Å². The molecule has 0 saturated carbocycles. The Hall–Kier alpha value is -1.13. The molecule has 0 aromatic carbocycles. The second kappa shape index (κ2) is 4.71. The zero-order chi connectivity index (χ0) is 14.5. The Morgan fingerprint density at radius 3 is 2.80 bits per heavy atom. The van der Waals surface area contributed by atoms with Gasteiger partial charge in [0.15, 0.2) is 5.13 Å². The lowest BCUT2D eigenvalue weighted by Gasteiger charge is -2.20. The quantitative estimate of drug-likeness (QED) is 0.866. The first-order valence-corrected chi connectivity index (χ1v) is 8.19. The van der Waals surface area contributed by atoms with E-state index in [4.69, 9.17) is 10.7 Å². The standard InChI is InChI=1S/C16H23N3S/c1-10-8-11-12(17)6-5-7-13(11)19(10)15-18-14(9-20-15)16(2,3)4/h8-9,12H,5-7,17H2,1-4H3. The number of fused-ring (bicyclic) bond motifs is 1. The van der Waals surface area contributed by atoms with Crippen molar-refractivity contribution >= 4 is 11.3 Å². The lowest BCUT2D eigenvalue weighted by atomic mass is 9.93. The maximum Gasteiger partial charge on any atom is 0.194 e. The van der Waals surface area contributed by atoms with Crippen LogP contribution in [-0.2, 0) is 11.8 Å². The van der Waals surface area contributed by atoms with Crippen molar-refractivity contribution in [1.29, 1.82) is 0 Å². The van der Waals surface area contributed by atoms with Gasteiger partial charge in [0.2, 0.25) is 0 Å². The van der Waals surface area contributed by atoms with Crippen molar-refractivity contribution in [1.82, 2.24) is 9.55 Å². The number of rotatable bonds is 1. The summed E-state index contributed by atoms with van der Waals surface area (Å²) in [6.07, 6.45) is 3.39. The maximum absolute atomic E-state index is 6.25. The summed E-state index contributed by atoms with van der Waals surface area (Å²) in [5.41, 5.74) is 11.5. The predicted molar refractivity (Wildman–Crippen MR) is 84.7 cm³/mol. The van der Waals surface area contributed by atoms with Crippen LogP contribution in [0.3, 0.4) is 0 Å². The van der Waals surface area contributed by atoms with Gasteiger partial charge in [-0.25, -0.2) is 4.98 Å². The van der Waals surface area contributed by atoms with E-state index in [2.05, 4.69) is 43.7 Å². The smallest absolute Gasteiger partial charge is 0.194 e. The second-order valence-electron chi connectivity index (χ2n) is 6.79. The maximum atomic E-state index is 6.25. The first-order chi connectivity index (χ1) is 9.38. The van der Waals surface area contributed by atoms with Gasteiger partial charge in [-0.3, -0.25) is 4.57 Å². The minimum atomic E-state index is 0.103. The van der Waals surface area contributed by atoms with Crippen molar-refractivity contribution < 1.29 is 0 Å². The summed E-state index contributed by atoms with van der Waals surface area (Å²) in [7, 11) is 0. The summed E-state index contributed by atoms with van der Waals surface area (Å²) >= 11 is 1.73. The summed E-state index contributed by atoms with van der Waals surface area (Å²) < 4.78 is 2.31. The zero-order valence-corrected chi connectivity index (χ0v) is 13.5. The average Bonchev–Trinajstić information content (AvgIpc) is 2.92. The van der Waals surface area contributed by atoms with Crippen molar-refractivity contribution in [2.24, 2.45) is 5.73 Å². The molecule has 0 spiro atoms. The molecule has 0 amide bonds. The van der Waals surface area contributed by atoms with Gasteiger partial charge in [-0.15, -0.1) is 11.3 Å². The molecular formula is C16H23N3S. The Kier molecular flexibility index (Phi) is 3.26. The van der Waals surface area contributed by atoms with Gasteiger partial charge in [-0.2, -0.15) is 0 Å². The molecular weight excluding hydrogens is 266 g/mol. The highest BCUT2D eigenvalue weighted by Crippen LogP contribution is 2.34. The van der Waals surface area contributed by atoms with Gasteiger partial charge in [0.05, 0.1) is 5.69 Å². The number of aromatic nitrogens is 2. The lowest BCUT2D eigenvalue weighted by molar-refractivity contribution is 0.556. The predicted octanol–water partition coefficient (Wildman–Crippen LogP) is 3.88. The third-order valence-corrected chi connectivity index (χ3v) is 4.93. The Morgan fingerprint density at radius 2 is 2.15 bits per heavy atom. The molecule has 0 bridgehead atoms. The largest absolute Gasteiger partial charge is 0.324 e. The topological polar surface area (TPSA) is 43.8 Å². The van der Waals surface area contributed by atoms with E-state index in [1.165, 1.54) is 29.1 Å². The number of hydrogen-bond acceptors (Lipinski definition) is 3. The Labute approximate surface area is 124 Å². The number of nitrogens with two attached hydrogens (primary N) is 1. The highest BCUT2D eigenvalue weighted by atomic mass is 32.1. The Balaban J connectivity index is 2.09. The molecule has 1 aliphatic rings. The van der Waals surface area contributed by atoms with E-state index in [1.54, 1.807) is 11.3 Å². The fourth-order valence-corrected chi connectivity index (χ4v) is 4.05. The minimum absolute atomic E-state index is 0.103.